The quantitative estimate of drug-likeness (QED) is 0.402. The normalized spacial score (nSPS) is 25.3. The number of aromatic nitrogens is 4. The fourth-order valence-electron chi connectivity index (χ4n) is 6.47. The van der Waals surface area contributed by atoms with Crippen LogP contribution in [0, 0.1) is 11.8 Å². The Morgan fingerprint density at radius 2 is 2.05 bits per heavy atom. The van der Waals surface area contributed by atoms with E-state index in [9.17, 15) is 4.79 Å². The molecule has 5 heterocycles. The highest BCUT2D eigenvalue weighted by Gasteiger charge is 2.38. The second-order valence-corrected chi connectivity index (χ2v) is 11.6. The maximum absolute atomic E-state index is 13.7. The van der Waals surface area contributed by atoms with E-state index in [2.05, 4.69) is 28.2 Å². The highest BCUT2D eigenvalue weighted by molar-refractivity contribution is 6.00. The maximum Gasteiger partial charge on any atom is 0.254 e. The molecule has 2 aliphatic heterocycles. The van der Waals surface area contributed by atoms with E-state index in [0.29, 0.717) is 37.0 Å². The highest BCUT2D eigenvalue weighted by atomic mass is 16.5. The Bertz CT molecular complexity index is 1560. The maximum atomic E-state index is 13.7. The van der Waals surface area contributed by atoms with Crippen LogP contribution in [0.5, 0.6) is 5.75 Å². The van der Waals surface area contributed by atoms with Gasteiger partial charge in [-0.3, -0.25) is 4.79 Å². The number of rotatable bonds is 6. The summed E-state index contributed by atoms with van der Waals surface area (Å²) < 4.78 is 16.4. The van der Waals surface area contributed by atoms with Crippen LogP contribution in [-0.4, -0.2) is 68.9 Å². The van der Waals surface area contributed by atoms with Crippen LogP contribution in [0.1, 0.15) is 49.5 Å². The lowest BCUT2D eigenvalue weighted by atomic mass is 10.0. The van der Waals surface area contributed by atoms with Gasteiger partial charge in [0, 0.05) is 48.9 Å². The number of likely N-dealkylation sites (tertiary alicyclic amines) is 1. The zero-order chi connectivity index (χ0) is 26.8. The van der Waals surface area contributed by atoms with Crippen LogP contribution in [0.3, 0.4) is 0 Å². The predicted octanol–water partition coefficient (Wildman–Crippen LogP) is 4.24. The van der Waals surface area contributed by atoms with E-state index in [1.165, 1.54) is 12.8 Å². The molecule has 1 aromatic carbocycles. The van der Waals surface area contributed by atoms with Crippen molar-refractivity contribution in [2.45, 2.75) is 57.8 Å². The number of amides is 1. The van der Waals surface area contributed by atoms with Crippen molar-refractivity contribution >= 4 is 28.0 Å². The molecule has 4 aromatic rings. The van der Waals surface area contributed by atoms with Gasteiger partial charge < -0.3 is 29.2 Å². The number of nitrogens with zero attached hydrogens (tertiary/aromatic N) is 5. The van der Waals surface area contributed by atoms with Crippen LogP contribution in [0.25, 0.3) is 33.6 Å². The Balaban J connectivity index is 1.42. The standard InChI is InChI=1S/C30H36N6O3/c1-17-14-34(18(2)26(17)31)30(37)21-11-23-27(25(13-21)38-3)36(22-8-10-39-16-22)29(33-23)24-12-20-5-4-9-32-28(20)35(24)15-19-6-7-19/h4-5,9,11-13,17-19,22,26H,6-8,10,14-16,31H2,1-3H3. The molecule has 1 aliphatic carbocycles. The molecule has 204 valence electrons. The summed E-state index contributed by atoms with van der Waals surface area (Å²) in [6, 6.07) is 10.1. The number of benzene rings is 1. The molecule has 2 saturated heterocycles. The fourth-order valence-corrected chi connectivity index (χ4v) is 6.47. The third-order valence-electron chi connectivity index (χ3n) is 8.96. The highest BCUT2D eigenvalue weighted by Crippen LogP contribution is 2.40. The first-order valence-corrected chi connectivity index (χ1v) is 14.1. The van der Waals surface area contributed by atoms with Crippen molar-refractivity contribution in [2.24, 2.45) is 17.6 Å². The number of fused-ring (bicyclic) bond motifs is 2. The number of carbonyl (C=O) groups is 1. The zero-order valence-electron chi connectivity index (χ0n) is 22.8. The molecule has 2 N–H and O–H groups in total. The first kappa shape index (κ1) is 24.6. The molecule has 1 saturated carbocycles. The Hall–Kier alpha value is -3.43. The molecular formula is C30H36N6O3. The van der Waals surface area contributed by atoms with Crippen LogP contribution in [0.2, 0.25) is 0 Å². The summed E-state index contributed by atoms with van der Waals surface area (Å²) in [4.78, 5) is 25.6. The number of nitrogens with two attached hydrogens (primary N) is 1. The SMILES string of the molecule is COc1cc(C(=O)N2CC(C)C(N)C2C)cc2nc(-c3cc4cccnc4n3CC3CC3)n(C3CCOC3)c12. The van der Waals surface area contributed by atoms with E-state index in [1.54, 1.807) is 7.11 Å². The lowest BCUT2D eigenvalue weighted by Crippen LogP contribution is -2.40. The van der Waals surface area contributed by atoms with E-state index in [-0.39, 0.29) is 30.0 Å². The number of hydrogen-bond acceptors (Lipinski definition) is 6. The zero-order valence-corrected chi connectivity index (χ0v) is 22.8. The molecule has 4 atom stereocenters. The monoisotopic (exact) mass is 528 g/mol. The van der Waals surface area contributed by atoms with Crippen molar-refractivity contribution in [1.82, 2.24) is 24.0 Å². The largest absolute Gasteiger partial charge is 0.494 e. The van der Waals surface area contributed by atoms with Gasteiger partial charge in [-0.05, 0) is 68.4 Å². The average Bonchev–Trinajstić information content (AvgIpc) is 3.25. The van der Waals surface area contributed by atoms with Gasteiger partial charge in [0.1, 0.15) is 16.9 Å². The molecule has 7 rings (SSSR count). The molecule has 9 heteroatoms. The Morgan fingerprint density at radius 1 is 1.21 bits per heavy atom. The lowest BCUT2D eigenvalue weighted by Gasteiger charge is -2.23. The lowest BCUT2D eigenvalue weighted by molar-refractivity contribution is 0.0739. The number of carbonyl (C=O) groups excluding carboxylic acids is 1. The van der Waals surface area contributed by atoms with Crippen LogP contribution in [-0.2, 0) is 11.3 Å². The minimum atomic E-state index is -0.0326. The van der Waals surface area contributed by atoms with Crippen molar-refractivity contribution in [3.8, 4) is 17.3 Å². The first-order chi connectivity index (χ1) is 18.9. The first-order valence-electron chi connectivity index (χ1n) is 14.1. The predicted molar refractivity (Wildman–Crippen MR) is 150 cm³/mol. The van der Waals surface area contributed by atoms with Crippen molar-refractivity contribution in [3.05, 3.63) is 42.1 Å². The van der Waals surface area contributed by atoms with E-state index < -0.39 is 0 Å². The number of imidazole rings is 1. The molecule has 3 fully saturated rings. The van der Waals surface area contributed by atoms with Crippen LogP contribution in [0.15, 0.2) is 36.5 Å². The summed E-state index contributed by atoms with van der Waals surface area (Å²) >= 11 is 0. The minimum Gasteiger partial charge on any atom is -0.494 e. The molecular weight excluding hydrogens is 492 g/mol. The van der Waals surface area contributed by atoms with Gasteiger partial charge in [-0.2, -0.15) is 0 Å². The second-order valence-electron chi connectivity index (χ2n) is 11.6. The van der Waals surface area contributed by atoms with Gasteiger partial charge in [-0.25, -0.2) is 9.97 Å². The van der Waals surface area contributed by atoms with Crippen LogP contribution >= 0.6 is 0 Å². The number of ether oxygens (including phenoxy) is 2. The van der Waals surface area contributed by atoms with Gasteiger partial charge in [0.15, 0.2) is 5.82 Å². The van der Waals surface area contributed by atoms with E-state index in [1.807, 2.05) is 36.2 Å². The van der Waals surface area contributed by atoms with Gasteiger partial charge in [0.25, 0.3) is 5.91 Å². The van der Waals surface area contributed by atoms with E-state index in [0.717, 1.165) is 46.6 Å². The number of methoxy groups -OCH3 is 1. The summed E-state index contributed by atoms with van der Waals surface area (Å²) in [5.74, 6) is 2.41. The van der Waals surface area contributed by atoms with Gasteiger partial charge in [0.05, 0.1) is 31.0 Å². The summed E-state index contributed by atoms with van der Waals surface area (Å²) in [5, 5.41) is 1.10. The molecule has 4 unspecified atom stereocenters. The van der Waals surface area contributed by atoms with E-state index >= 15 is 0 Å². The third-order valence-corrected chi connectivity index (χ3v) is 8.96. The van der Waals surface area contributed by atoms with Gasteiger partial charge in [-0.15, -0.1) is 0 Å². The molecule has 0 spiro atoms. The van der Waals surface area contributed by atoms with Gasteiger partial charge in [-0.1, -0.05) is 6.92 Å². The molecule has 9 nitrogen and oxygen atoms in total. The number of hydrogen-bond donors (Lipinski definition) is 1. The second kappa shape index (κ2) is 9.34. The molecule has 3 aromatic heterocycles. The molecule has 0 bridgehead atoms. The van der Waals surface area contributed by atoms with E-state index in [4.69, 9.17) is 25.2 Å². The Labute approximate surface area is 227 Å². The van der Waals surface area contributed by atoms with Crippen molar-refractivity contribution in [1.29, 1.82) is 0 Å². The Morgan fingerprint density at radius 3 is 2.74 bits per heavy atom. The summed E-state index contributed by atoms with van der Waals surface area (Å²) in [6.07, 6.45) is 5.24. The van der Waals surface area contributed by atoms with Crippen molar-refractivity contribution in [3.63, 3.8) is 0 Å². The molecule has 39 heavy (non-hydrogen) atoms. The topological polar surface area (TPSA) is 100 Å². The smallest absolute Gasteiger partial charge is 0.254 e. The molecule has 1 amide bonds. The summed E-state index contributed by atoms with van der Waals surface area (Å²) in [7, 11) is 1.66. The van der Waals surface area contributed by atoms with Crippen LogP contribution < -0.4 is 10.5 Å². The summed E-state index contributed by atoms with van der Waals surface area (Å²) in [6.45, 7) is 7.03. The number of pyridine rings is 1. The van der Waals surface area contributed by atoms with Crippen molar-refractivity contribution in [2.75, 3.05) is 26.9 Å². The summed E-state index contributed by atoms with van der Waals surface area (Å²) in [5.41, 5.74) is 10.6. The van der Waals surface area contributed by atoms with Crippen LogP contribution in [0.4, 0.5) is 0 Å². The van der Waals surface area contributed by atoms with Crippen molar-refractivity contribution < 1.29 is 14.3 Å². The third kappa shape index (κ3) is 4.02. The Kier molecular flexibility index (Phi) is 5.89. The average molecular weight is 529 g/mol. The van der Waals surface area contributed by atoms with Gasteiger partial charge >= 0.3 is 0 Å². The fraction of sp³-hybridized carbons (Fsp3) is 0.500. The van der Waals surface area contributed by atoms with Gasteiger partial charge in [0.2, 0.25) is 0 Å². The minimum absolute atomic E-state index is 0.0245. The molecule has 3 aliphatic rings. The molecule has 0 radical (unpaired) electrons.